The van der Waals surface area contributed by atoms with Gasteiger partial charge in [0, 0.05) is 29.9 Å². The Morgan fingerprint density at radius 2 is 2.14 bits per heavy atom. The minimum atomic E-state index is 0.522. The predicted octanol–water partition coefficient (Wildman–Crippen LogP) is 2.27. The minimum Gasteiger partial charge on any atom is -0.481 e. The number of rotatable bonds is 5. The molecule has 0 aliphatic carbocycles. The molecule has 0 aliphatic rings. The molecule has 0 fully saturated rings. The van der Waals surface area contributed by atoms with Gasteiger partial charge in [0.05, 0.1) is 12.8 Å². The van der Waals surface area contributed by atoms with Crippen LogP contribution in [0.3, 0.4) is 0 Å². The first-order valence-corrected chi connectivity index (χ1v) is 7.01. The van der Waals surface area contributed by atoms with Gasteiger partial charge in [0.2, 0.25) is 17.6 Å². The number of aromatic nitrogens is 5. The van der Waals surface area contributed by atoms with E-state index in [1.165, 1.54) is 5.56 Å². The summed E-state index contributed by atoms with van der Waals surface area (Å²) in [7, 11) is 1.57. The van der Waals surface area contributed by atoms with E-state index in [-0.39, 0.29) is 0 Å². The molecule has 3 aromatic rings. The number of aryl methyl sites for hydroxylation is 3. The fraction of sp³-hybridized carbons (Fsp3) is 0.333. The van der Waals surface area contributed by atoms with Gasteiger partial charge in [0.15, 0.2) is 0 Å². The zero-order valence-corrected chi connectivity index (χ0v) is 12.8. The number of nitrogens with zero attached hydrogens (tertiary/aromatic N) is 4. The number of hydrogen-bond acceptors (Lipinski definition) is 6. The van der Waals surface area contributed by atoms with E-state index in [0.717, 1.165) is 23.4 Å². The Balaban J connectivity index is 1.73. The number of H-pyrrole nitrogens is 1. The van der Waals surface area contributed by atoms with Crippen LogP contribution in [-0.4, -0.2) is 32.4 Å². The van der Waals surface area contributed by atoms with E-state index in [2.05, 4.69) is 25.3 Å². The van der Waals surface area contributed by atoms with Crippen LogP contribution in [0, 0.1) is 13.8 Å². The lowest BCUT2D eigenvalue weighted by molar-refractivity contribution is 0.378. The molecule has 3 heterocycles. The first kappa shape index (κ1) is 14.2. The third kappa shape index (κ3) is 2.83. The number of pyridine rings is 1. The normalized spacial score (nSPS) is 10.9. The summed E-state index contributed by atoms with van der Waals surface area (Å²) in [5, 5.41) is 11.2. The topological polar surface area (TPSA) is 89.7 Å². The highest BCUT2D eigenvalue weighted by Gasteiger charge is 2.12. The predicted molar refractivity (Wildman–Crippen MR) is 79.6 cm³/mol. The molecule has 22 heavy (non-hydrogen) atoms. The van der Waals surface area contributed by atoms with Gasteiger partial charge in [-0.1, -0.05) is 5.16 Å². The fourth-order valence-electron chi connectivity index (χ4n) is 2.31. The number of hydrogen-bond donors (Lipinski definition) is 1. The Labute approximate surface area is 127 Å². The van der Waals surface area contributed by atoms with Crippen LogP contribution in [0.5, 0.6) is 5.88 Å². The summed E-state index contributed by atoms with van der Waals surface area (Å²) in [5.41, 5.74) is 4.11. The molecular formula is C15H17N5O2. The van der Waals surface area contributed by atoms with Crippen molar-refractivity contribution in [3.63, 3.8) is 0 Å². The van der Waals surface area contributed by atoms with Crippen molar-refractivity contribution in [1.82, 2.24) is 25.3 Å². The molecule has 7 nitrogen and oxygen atoms in total. The van der Waals surface area contributed by atoms with Crippen molar-refractivity contribution in [3.05, 3.63) is 41.2 Å². The lowest BCUT2D eigenvalue weighted by atomic mass is 10.1. The molecule has 0 spiro atoms. The van der Waals surface area contributed by atoms with Crippen molar-refractivity contribution in [2.24, 2.45) is 0 Å². The quantitative estimate of drug-likeness (QED) is 0.777. The summed E-state index contributed by atoms with van der Waals surface area (Å²) in [5.74, 6) is 1.66. The molecule has 0 aromatic carbocycles. The molecule has 0 radical (unpaired) electrons. The molecule has 7 heteroatoms. The smallest absolute Gasteiger partial charge is 0.227 e. The molecule has 3 aromatic heterocycles. The van der Waals surface area contributed by atoms with Crippen LogP contribution in [-0.2, 0) is 12.8 Å². The summed E-state index contributed by atoms with van der Waals surface area (Å²) in [6.07, 6.45) is 3.15. The number of nitrogens with one attached hydrogen (secondary N) is 1. The number of aromatic amines is 1. The Bertz CT molecular complexity index is 758. The fourth-order valence-corrected chi connectivity index (χ4v) is 2.31. The summed E-state index contributed by atoms with van der Waals surface area (Å²) in [6, 6.07) is 3.60. The summed E-state index contributed by atoms with van der Waals surface area (Å²) >= 11 is 0. The van der Waals surface area contributed by atoms with Gasteiger partial charge in [-0.15, -0.1) is 0 Å². The van der Waals surface area contributed by atoms with Crippen LogP contribution in [0.25, 0.3) is 11.4 Å². The minimum absolute atomic E-state index is 0.522. The van der Waals surface area contributed by atoms with E-state index >= 15 is 0 Å². The van der Waals surface area contributed by atoms with E-state index in [1.54, 1.807) is 19.4 Å². The Morgan fingerprint density at radius 3 is 2.86 bits per heavy atom. The molecule has 0 unspecified atom stereocenters. The number of ether oxygens (including phenoxy) is 1. The maximum atomic E-state index is 5.32. The van der Waals surface area contributed by atoms with Crippen LogP contribution in [0.15, 0.2) is 22.9 Å². The van der Waals surface area contributed by atoms with Crippen molar-refractivity contribution < 1.29 is 9.26 Å². The zero-order valence-electron chi connectivity index (χ0n) is 12.8. The van der Waals surface area contributed by atoms with Gasteiger partial charge in [-0.2, -0.15) is 10.1 Å². The molecule has 0 amide bonds. The molecule has 0 saturated heterocycles. The van der Waals surface area contributed by atoms with E-state index < -0.39 is 0 Å². The largest absolute Gasteiger partial charge is 0.481 e. The third-order valence-corrected chi connectivity index (χ3v) is 3.54. The van der Waals surface area contributed by atoms with Crippen molar-refractivity contribution in [2.75, 3.05) is 7.11 Å². The first-order valence-electron chi connectivity index (χ1n) is 7.01. The monoisotopic (exact) mass is 299 g/mol. The maximum Gasteiger partial charge on any atom is 0.227 e. The van der Waals surface area contributed by atoms with Crippen LogP contribution < -0.4 is 4.74 Å². The standard InChI is InChI=1S/C15H17N5O2/c1-9-12(10(2)19-18-9)4-5-13-17-15(20-22-13)11-6-7-16-14(8-11)21-3/h6-8H,4-5H2,1-3H3,(H,18,19). The lowest BCUT2D eigenvalue weighted by Crippen LogP contribution is -1.94. The van der Waals surface area contributed by atoms with Crippen LogP contribution in [0.4, 0.5) is 0 Å². The summed E-state index contributed by atoms with van der Waals surface area (Å²) in [6.45, 7) is 4.00. The molecular weight excluding hydrogens is 282 g/mol. The van der Waals surface area contributed by atoms with E-state index in [4.69, 9.17) is 9.26 Å². The van der Waals surface area contributed by atoms with Crippen molar-refractivity contribution in [2.45, 2.75) is 26.7 Å². The Hall–Kier alpha value is -2.70. The maximum absolute atomic E-state index is 5.32. The average Bonchev–Trinajstić information content (AvgIpc) is 3.13. The van der Waals surface area contributed by atoms with Crippen molar-refractivity contribution in [1.29, 1.82) is 0 Å². The van der Waals surface area contributed by atoms with Gasteiger partial charge in [0.25, 0.3) is 0 Å². The van der Waals surface area contributed by atoms with E-state index in [1.807, 2.05) is 19.9 Å². The SMILES string of the molecule is COc1cc(-c2noc(CCc3c(C)n[nH]c3C)n2)ccn1. The molecule has 0 atom stereocenters. The Morgan fingerprint density at radius 1 is 1.27 bits per heavy atom. The third-order valence-electron chi connectivity index (χ3n) is 3.54. The van der Waals surface area contributed by atoms with Gasteiger partial charge < -0.3 is 9.26 Å². The van der Waals surface area contributed by atoms with Crippen LogP contribution >= 0.6 is 0 Å². The van der Waals surface area contributed by atoms with Crippen molar-refractivity contribution >= 4 is 0 Å². The van der Waals surface area contributed by atoms with Gasteiger partial charge in [-0.25, -0.2) is 4.98 Å². The summed E-state index contributed by atoms with van der Waals surface area (Å²) < 4.78 is 10.4. The van der Waals surface area contributed by atoms with Crippen molar-refractivity contribution in [3.8, 4) is 17.3 Å². The summed E-state index contributed by atoms with van der Waals surface area (Å²) in [4.78, 5) is 8.48. The van der Waals surface area contributed by atoms with E-state index in [0.29, 0.717) is 24.0 Å². The van der Waals surface area contributed by atoms with Gasteiger partial charge in [-0.3, -0.25) is 5.10 Å². The molecule has 114 valence electrons. The molecule has 1 N–H and O–H groups in total. The highest BCUT2D eigenvalue weighted by atomic mass is 16.5. The second-order valence-corrected chi connectivity index (χ2v) is 5.01. The highest BCUT2D eigenvalue weighted by molar-refractivity contribution is 5.55. The van der Waals surface area contributed by atoms with Gasteiger partial charge >= 0.3 is 0 Å². The number of methoxy groups -OCH3 is 1. The van der Waals surface area contributed by atoms with Crippen LogP contribution in [0.2, 0.25) is 0 Å². The second-order valence-electron chi connectivity index (χ2n) is 5.01. The molecule has 0 aliphatic heterocycles. The highest BCUT2D eigenvalue weighted by Crippen LogP contribution is 2.20. The molecule has 0 saturated carbocycles. The molecule has 3 rings (SSSR count). The van der Waals surface area contributed by atoms with E-state index in [9.17, 15) is 0 Å². The average molecular weight is 299 g/mol. The molecule has 0 bridgehead atoms. The second kappa shape index (κ2) is 5.97. The first-order chi connectivity index (χ1) is 10.7. The van der Waals surface area contributed by atoms with Crippen LogP contribution in [0.1, 0.15) is 22.8 Å². The van der Waals surface area contributed by atoms with Gasteiger partial charge in [0.1, 0.15) is 0 Å². The Kier molecular flexibility index (Phi) is 3.86. The van der Waals surface area contributed by atoms with Gasteiger partial charge in [-0.05, 0) is 31.9 Å². The zero-order chi connectivity index (χ0) is 15.5. The lowest BCUT2D eigenvalue weighted by Gasteiger charge is -1.99.